The van der Waals surface area contributed by atoms with Crippen LogP contribution in [0.25, 0.3) is 0 Å². The van der Waals surface area contributed by atoms with Gasteiger partial charge in [-0.3, -0.25) is 0 Å². The van der Waals surface area contributed by atoms with Crippen LogP contribution >= 0.6 is 19.7 Å². The first-order valence-electron chi connectivity index (χ1n) is 10.1. The van der Waals surface area contributed by atoms with Crippen molar-refractivity contribution in [2.45, 2.75) is 105 Å². The highest BCUT2D eigenvalue weighted by Crippen LogP contribution is 2.66. The third kappa shape index (κ3) is 7.19. The molecule has 0 bridgehead atoms. The van der Waals surface area contributed by atoms with Gasteiger partial charge in [0.05, 0.1) is 0 Å². The standard InChI is InChI=1S/C22H47PS/c1-13-14-18(20(16(2)3)17(4)5)19(15-24-12)23(21(6,7)8)22(9,10)11/h16-20H,13-15H2,1-12H3. The van der Waals surface area contributed by atoms with Crippen molar-refractivity contribution < 1.29 is 0 Å². The molecule has 0 fully saturated rings. The van der Waals surface area contributed by atoms with Gasteiger partial charge in [0.1, 0.15) is 0 Å². The van der Waals surface area contributed by atoms with E-state index < -0.39 is 0 Å². The first kappa shape index (κ1) is 24.8. The molecule has 0 nitrogen and oxygen atoms in total. The third-order valence-corrected chi connectivity index (χ3v) is 10.3. The molecule has 24 heavy (non-hydrogen) atoms. The van der Waals surface area contributed by atoms with Crippen LogP contribution in [0.4, 0.5) is 0 Å². The zero-order chi connectivity index (χ0) is 19.3. The van der Waals surface area contributed by atoms with Crippen molar-refractivity contribution in [2.24, 2.45) is 23.7 Å². The van der Waals surface area contributed by atoms with Crippen LogP contribution in [0, 0.1) is 23.7 Å². The lowest BCUT2D eigenvalue weighted by Gasteiger charge is -2.51. The van der Waals surface area contributed by atoms with Gasteiger partial charge in [0, 0.05) is 5.75 Å². The number of thioether (sulfide) groups is 1. The molecule has 0 aliphatic heterocycles. The summed E-state index contributed by atoms with van der Waals surface area (Å²) in [4.78, 5) is 0. The van der Waals surface area contributed by atoms with Gasteiger partial charge < -0.3 is 0 Å². The Bertz CT molecular complexity index is 313. The van der Waals surface area contributed by atoms with Gasteiger partial charge in [-0.2, -0.15) is 11.8 Å². The normalized spacial score (nSPS) is 16.5. The van der Waals surface area contributed by atoms with Gasteiger partial charge in [0.25, 0.3) is 0 Å². The summed E-state index contributed by atoms with van der Waals surface area (Å²) in [6.07, 6.45) is 5.04. The predicted octanol–water partition coefficient (Wildman–Crippen LogP) is 8.14. The van der Waals surface area contributed by atoms with Crippen LogP contribution < -0.4 is 0 Å². The summed E-state index contributed by atoms with van der Waals surface area (Å²) in [5, 5.41) is 0.830. The lowest BCUT2D eigenvalue weighted by Crippen LogP contribution is -2.41. The van der Waals surface area contributed by atoms with E-state index in [0.29, 0.717) is 10.3 Å². The summed E-state index contributed by atoms with van der Waals surface area (Å²) in [7, 11) is -0.0658. The van der Waals surface area contributed by atoms with Crippen molar-refractivity contribution in [3.63, 3.8) is 0 Å². The largest absolute Gasteiger partial charge is 0.165 e. The topological polar surface area (TPSA) is 0 Å². The first-order valence-corrected chi connectivity index (χ1v) is 12.9. The van der Waals surface area contributed by atoms with Crippen LogP contribution in [0.5, 0.6) is 0 Å². The number of hydrogen-bond donors (Lipinski definition) is 0. The van der Waals surface area contributed by atoms with Crippen molar-refractivity contribution in [3.8, 4) is 0 Å². The maximum absolute atomic E-state index is 2.50. The molecule has 0 rings (SSSR count). The molecule has 2 heteroatoms. The molecule has 2 atom stereocenters. The minimum atomic E-state index is -0.0658. The van der Waals surface area contributed by atoms with Crippen molar-refractivity contribution in [1.82, 2.24) is 0 Å². The van der Waals surface area contributed by atoms with Crippen molar-refractivity contribution >= 4 is 19.7 Å². The van der Waals surface area contributed by atoms with Crippen molar-refractivity contribution in [3.05, 3.63) is 0 Å². The minimum Gasteiger partial charge on any atom is -0.165 e. The van der Waals surface area contributed by atoms with E-state index in [1.165, 1.54) is 18.6 Å². The third-order valence-electron chi connectivity index (χ3n) is 5.26. The first-order chi connectivity index (χ1) is 10.8. The Morgan fingerprint density at radius 2 is 1.25 bits per heavy atom. The van der Waals surface area contributed by atoms with Gasteiger partial charge >= 0.3 is 0 Å². The van der Waals surface area contributed by atoms with E-state index in [-0.39, 0.29) is 7.92 Å². The van der Waals surface area contributed by atoms with Gasteiger partial charge in [0.2, 0.25) is 0 Å². The second-order valence-electron chi connectivity index (χ2n) is 10.3. The molecule has 0 saturated carbocycles. The summed E-state index contributed by atoms with van der Waals surface area (Å²) in [6, 6.07) is 0. The maximum atomic E-state index is 2.50. The average molecular weight is 375 g/mol. The second-order valence-corrected chi connectivity index (χ2v) is 15.2. The van der Waals surface area contributed by atoms with Crippen LogP contribution in [0.15, 0.2) is 0 Å². The molecular formula is C22H47PS. The molecule has 0 amide bonds. The molecule has 0 aliphatic carbocycles. The molecular weight excluding hydrogens is 327 g/mol. The van der Waals surface area contributed by atoms with Gasteiger partial charge in [-0.1, -0.05) is 90.5 Å². The lowest BCUT2D eigenvalue weighted by molar-refractivity contribution is 0.173. The molecule has 2 unspecified atom stereocenters. The monoisotopic (exact) mass is 374 g/mol. The van der Waals surface area contributed by atoms with Gasteiger partial charge in [-0.15, -0.1) is 0 Å². The molecule has 0 aliphatic rings. The van der Waals surface area contributed by atoms with Gasteiger partial charge in [0.15, 0.2) is 0 Å². The molecule has 0 radical (unpaired) electrons. The fraction of sp³-hybridized carbons (Fsp3) is 1.00. The minimum absolute atomic E-state index is 0.0658. The zero-order valence-corrected chi connectivity index (χ0v) is 20.6. The van der Waals surface area contributed by atoms with E-state index in [4.69, 9.17) is 0 Å². The van der Waals surface area contributed by atoms with Gasteiger partial charge in [-0.05, 0) is 52.3 Å². The molecule has 0 spiro atoms. The zero-order valence-electron chi connectivity index (χ0n) is 18.9. The Labute approximate surface area is 160 Å². The fourth-order valence-electron chi connectivity index (χ4n) is 5.29. The second kappa shape index (κ2) is 10.2. The highest BCUT2D eigenvalue weighted by Gasteiger charge is 2.45. The van der Waals surface area contributed by atoms with Crippen LogP contribution in [0.3, 0.4) is 0 Å². The molecule has 0 aromatic carbocycles. The Morgan fingerprint density at radius 3 is 1.50 bits per heavy atom. The van der Waals surface area contributed by atoms with E-state index in [9.17, 15) is 0 Å². The van der Waals surface area contributed by atoms with E-state index >= 15 is 0 Å². The quantitative estimate of drug-likeness (QED) is 0.367. The summed E-state index contributed by atoms with van der Waals surface area (Å²) < 4.78 is 0. The maximum Gasteiger partial charge on any atom is 0.0000671 e. The molecule has 0 aromatic heterocycles. The van der Waals surface area contributed by atoms with Crippen molar-refractivity contribution in [2.75, 3.05) is 12.0 Å². The Kier molecular flexibility index (Phi) is 10.5. The van der Waals surface area contributed by atoms with E-state index in [2.05, 4.69) is 94.2 Å². The van der Waals surface area contributed by atoms with Crippen LogP contribution in [0.1, 0.15) is 89.0 Å². The van der Waals surface area contributed by atoms with Crippen molar-refractivity contribution in [1.29, 1.82) is 0 Å². The fourth-order valence-corrected chi connectivity index (χ4v) is 11.7. The summed E-state index contributed by atoms with van der Waals surface area (Å²) in [5.41, 5.74) is 0.866. The smallest absolute Gasteiger partial charge is 0.0000671 e. The Balaban J connectivity index is 6.07. The molecule has 0 aromatic rings. The summed E-state index contributed by atoms with van der Waals surface area (Å²) in [5.74, 6) is 4.61. The number of rotatable bonds is 9. The van der Waals surface area contributed by atoms with Crippen LogP contribution in [0.2, 0.25) is 0 Å². The average Bonchev–Trinajstić information content (AvgIpc) is 2.33. The molecule has 0 saturated heterocycles. The number of hydrogen-bond acceptors (Lipinski definition) is 1. The van der Waals surface area contributed by atoms with E-state index in [1.807, 2.05) is 0 Å². The summed E-state index contributed by atoms with van der Waals surface area (Å²) >= 11 is 2.08. The molecule has 146 valence electrons. The summed E-state index contributed by atoms with van der Waals surface area (Å²) in [6.45, 7) is 27.2. The molecule has 0 heterocycles. The Morgan fingerprint density at radius 1 is 0.833 bits per heavy atom. The molecule has 0 N–H and O–H groups in total. The lowest BCUT2D eigenvalue weighted by atomic mass is 9.73. The van der Waals surface area contributed by atoms with Gasteiger partial charge in [-0.25, -0.2) is 0 Å². The highest BCUT2D eigenvalue weighted by atomic mass is 32.2. The van der Waals surface area contributed by atoms with Crippen LogP contribution in [-0.4, -0.2) is 28.0 Å². The van der Waals surface area contributed by atoms with E-state index in [0.717, 1.165) is 29.3 Å². The predicted molar refractivity (Wildman–Crippen MR) is 120 cm³/mol. The van der Waals surface area contributed by atoms with Crippen LogP contribution in [-0.2, 0) is 0 Å². The van der Waals surface area contributed by atoms with E-state index in [1.54, 1.807) is 0 Å². The SMILES string of the molecule is CCCC(C(C(C)C)C(C)C)C(CSC)P(C(C)(C)C)C(C)(C)C. The highest BCUT2D eigenvalue weighted by molar-refractivity contribution is 7.99. The Hall–Kier alpha value is 0.780.